The van der Waals surface area contributed by atoms with Crippen LogP contribution in [0, 0.1) is 0 Å². The van der Waals surface area contributed by atoms with Gasteiger partial charge in [0.25, 0.3) is 0 Å². The van der Waals surface area contributed by atoms with Gasteiger partial charge in [-0.3, -0.25) is 0 Å². The summed E-state index contributed by atoms with van der Waals surface area (Å²) < 4.78 is 0. The van der Waals surface area contributed by atoms with Crippen LogP contribution in [0.15, 0.2) is 16.9 Å². The van der Waals surface area contributed by atoms with Gasteiger partial charge in [0.05, 0.1) is 5.70 Å². The maximum absolute atomic E-state index is 5.38. The number of nitrogens with two attached hydrogens (primary N) is 1. The number of aliphatic imine (C=N–C) groups is 1. The lowest BCUT2D eigenvalue weighted by Crippen LogP contribution is -2.46. The summed E-state index contributed by atoms with van der Waals surface area (Å²) in [6.45, 7) is 8.29. The van der Waals surface area contributed by atoms with Crippen molar-refractivity contribution < 1.29 is 0 Å². The molecule has 1 saturated heterocycles. The van der Waals surface area contributed by atoms with Crippen LogP contribution in [0.5, 0.6) is 0 Å². The second-order valence-electron chi connectivity index (χ2n) is 3.76. The highest BCUT2D eigenvalue weighted by molar-refractivity contribution is 5.80. The predicted molar refractivity (Wildman–Crippen MR) is 60.1 cm³/mol. The van der Waals surface area contributed by atoms with Crippen molar-refractivity contribution in [2.24, 2.45) is 10.7 Å². The fourth-order valence-corrected chi connectivity index (χ4v) is 1.49. The van der Waals surface area contributed by atoms with Crippen LogP contribution >= 0.6 is 0 Å². The van der Waals surface area contributed by atoms with Crippen molar-refractivity contribution in [2.75, 3.05) is 33.2 Å². The van der Waals surface area contributed by atoms with Crippen LogP contribution in [0.2, 0.25) is 0 Å². The summed E-state index contributed by atoms with van der Waals surface area (Å²) in [6.07, 6.45) is 1.54. The summed E-state index contributed by atoms with van der Waals surface area (Å²) in [5.74, 6) is 1.07. The first kappa shape index (κ1) is 11.0. The minimum absolute atomic E-state index is 0.876. The fraction of sp³-hybridized carbons (Fsp3) is 0.700. The molecule has 0 spiro atoms. The van der Waals surface area contributed by atoms with Crippen LogP contribution in [-0.4, -0.2) is 48.9 Å². The van der Waals surface area contributed by atoms with E-state index in [2.05, 4.69) is 21.8 Å². The van der Waals surface area contributed by atoms with E-state index in [0.717, 1.165) is 37.7 Å². The third-order valence-corrected chi connectivity index (χ3v) is 2.54. The minimum atomic E-state index is 0.876. The van der Waals surface area contributed by atoms with Crippen molar-refractivity contribution in [3.63, 3.8) is 0 Å². The van der Waals surface area contributed by atoms with Crippen molar-refractivity contribution in [3.05, 3.63) is 11.9 Å². The quantitative estimate of drug-likeness (QED) is 0.490. The first-order chi connectivity index (χ1) is 6.63. The van der Waals surface area contributed by atoms with Gasteiger partial charge in [-0.25, -0.2) is 4.99 Å². The molecule has 1 aliphatic heterocycles. The van der Waals surface area contributed by atoms with Crippen LogP contribution in [-0.2, 0) is 0 Å². The van der Waals surface area contributed by atoms with Gasteiger partial charge < -0.3 is 15.5 Å². The van der Waals surface area contributed by atoms with Crippen LogP contribution in [0.3, 0.4) is 0 Å². The van der Waals surface area contributed by atoms with E-state index in [9.17, 15) is 0 Å². The summed E-state index contributed by atoms with van der Waals surface area (Å²) >= 11 is 0. The molecule has 1 rings (SSSR count). The molecule has 0 aliphatic carbocycles. The lowest BCUT2D eigenvalue weighted by molar-refractivity contribution is 0.214. The molecule has 0 aromatic carbocycles. The van der Waals surface area contributed by atoms with Crippen molar-refractivity contribution in [1.29, 1.82) is 0 Å². The molecular formula is C10H20N4. The van der Waals surface area contributed by atoms with E-state index in [1.807, 2.05) is 13.8 Å². The van der Waals surface area contributed by atoms with E-state index in [4.69, 9.17) is 5.73 Å². The summed E-state index contributed by atoms with van der Waals surface area (Å²) in [5.41, 5.74) is 6.25. The Bertz CT molecular complexity index is 237. The second kappa shape index (κ2) is 5.00. The monoisotopic (exact) mass is 196 g/mol. The van der Waals surface area contributed by atoms with Gasteiger partial charge in [-0.15, -0.1) is 0 Å². The molecule has 0 atom stereocenters. The number of likely N-dealkylation sites (N-methyl/N-ethyl adjacent to an activating group) is 1. The van der Waals surface area contributed by atoms with Crippen molar-refractivity contribution in [3.8, 4) is 0 Å². The van der Waals surface area contributed by atoms with E-state index in [0.29, 0.717) is 0 Å². The second-order valence-corrected chi connectivity index (χ2v) is 3.76. The Morgan fingerprint density at radius 2 is 1.79 bits per heavy atom. The normalized spacial score (nSPS) is 21.5. The van der Waals surface area contributed by atoms with Crippen LogP contribution in [0.25, 0.3) is 0 Å². The Morgan fingerprint density at radius 1 is 1.21 bits per heavy atom. The molecule has 0 aromatic heterocycles. The van der Waals surface area contributed by atoms with Crippen molar-refractivity contribution in [2.45, 2.75) is 13.8 Å². The molecule has 1 heterocycles. The standard InChI is InChI=1S/C10H20N4/c1-9(8-11)12-10(2)14-6-4-13(3)5-7-14/h8H,4-7,11H2,1-3H3/b9-8-,12-10+. The summed E-state index contributed by atoms with van der Waals surface area (Å²) in [7, 11) is 2.15. The largest absolute Gasteiger partial charge is 0.403 e. The maximum atomic E-state index is 5.38. The Labute approximate surface area is 86.1 Å². The van der Waals surface area contributed by atoms with Gasteiger partial charge in [-0.2, -0.15) is 0 Å². The number of piperazine rings is 1. The lowest BCUT2D eigenvalue weighted by Gasteiger charge is -2.33. The Kier molecular flexibility index (Phi) is 3.95. The first-order valence-corrected chi connectivity index (χ1v) is 5.00. The van der Waals surface area contributed by atoms with Gasteiger partial charge in [0, 0.05) is 32.4 Å². The fourth-order valence-electron chi connectivity index (χ4n) is 1.49. The predicted octanol–water partition coefficient (Wildman–Crippen LogP) is 0.472. The molecule has 0 radical (unpaired) electrons. The maximum Gasteiger partial charge on any atom is 0.101 e. The molecule has 0 unspecified atom stereocenters. The summed E-state index contributed by atoms with van der Waals surface area (Å²) in [5, 5.41) is 0. The molecule has 0 saturated carbocycles. The third kappa shape index (κ3) is 3.03. The summed E-state index contributed by atoms with van der Waals surface area (Å²) in [4.78, 5) is 9.03. The molecule has 2 N–H and O–H groups in total. The van der Waals surface area contributed by atoms with E-state index < -0.39 is 0 Å². The number of amidine groups is 1. The zero-order chi connectivity index (χ0) is 10.6. The molecule has 14 heavy (non-hydrogen) atoms. The zero-order valence-electron chi connectivity index (χ0n) is 9.32. The smallest absolute Gasteiger partial charge is 0.101 e. The first-order valence-electron chi connectivity index (χ1n) is 5.00. The van der Waals surface area contributed by atoms with Gasteiger partial charge in [0.2, 0.25) is 0 Å². The van der Waals surface area contributed by atoms with Crippen molar-refractivity contribution >= 4 is 5.84 Å². The Hall–Kier alpha value is -1.03. The SMILES string of the molecule is CC(=C/N)/N=C(\C)N1CCN(C)CC1. The number of hydrogen-bond acceptors (Lipinski definition) is 3. The molecule has 0 bridgehead atoms. The Morgan fingerprint density at radius 3 is 2.29 bits per heavy atom. The zero-order valence-corrected chi connectivity index (χ0v) is 9.32. The lowest BCUT2D eigenvalue weighted by atomic mass is 10.3. The third-order valence-electron chi connectivity index (χ3n) is 2.54. The minimum Gasteiger partial charge on any atom is -0.403 e. The highest BCUT2D eigenvalue weighted by atomic mass is 15.3. The molecule has 1 aliphatic rings. The van der Waals surface area contributed by atoms with Crippen molar-refractivity contribution in [1.82, 2.24) is 9.80 Å². The van der Waals surface area contributed by atoms with Gasteiger partial charge in [0.15, 0.2) is 0 Å². The van der Waals surface area contributed by atoms with Gasteiger partial charge in [-0.05, 0) is 20.9 Å². The molecule has 80 valence electrons. The van der Waals surface area contributed by atoms with E-state index in [1.54, 1.807) is 6.20 Å². The molecule has 4 heteroatoms. The van der Waals surface area contributed by atoms with Gasteiger partial charge >= 0.3 is 0 Å². The highest BCUT2D eigenvalue weighted by Gasteiger charge is 2.14. The van der Waals surface area contributed by atoms with Gasteiger partial charge in [0.1, 0.15) is 5.84 Å². The highest BCUT2D eigenvalue weighted by Crippen LogP contribution is 2.03. The topological polar surface area (TPSA) is 44.9 Å². The molecule has 4 nitrogen and oxygen atoms in total. The molecule has 0 amide bonds. The van der Waals surface area contributed by atoms with E-state index in [1.165, 1.54) is 0 Å². The van der Waals surface area contributed by atoms with Crippen LogP contribution in [0.4, 0.5) is 0 Å². The average Bonchev–Trinajstić information content (AvgIpc) is 2.18. The number of nitrogens with zero attached hydrogens (tertiary/aromatic N) is 3. The van der Waals surface area contributed by atoms with E-state index >= 15 is 0 Å². The molecule has 1 fully saturated rings. The van der Waals surface area contributed by atoms with Crippen LogP contribution < -0.4 is 5.73 Å². The van der Waals surface area contributed by atoms with Crippen LogP contribution in [0.1, 0.15) is 13.8 Å². The molecular weight excluding hydrogens is 176 g/mol. The average molecular weight is 196 g/mol. The van der Waals surface area contributed by atoms with E-state index in [-0.39, 0.29) is 0 Å². The number of rotatable bonds is 1. The Balaban J connectivity index is 2.53. The number of hydrogen-bond donors (Lipinski definition) is 1. The molecule has 0 aromatic rings. The van der Waals surface area contributed by atoms with Gasteiger partial charge in [-0.1, -0.05) is 0 Å². The number of allylic oxidation sites excluding steroid dienone is 1. The summed E-state index contributed by atoms with van der Waals surface area (Å²) in [6, 6.07) is 0.